The predicted molar refractivity (Wildman–Crippen MR) is 85.3 cm³/mol. The van der Waals surface area contributed by atoms with Gasteiger partial charge in [0.05, 0.1) is 13.2 Å². The molecule has 0 atom stereocenters. The summed E-state index contributed by atoms with van der Waals surface area (Å²) in [5, 5.41) is 0. The SMILES string of the molecule is O=S(=O)(NCc1ccccc1F)c1c2c(cc3c1OCC3)OCC2. The van der Waals surface area contributed by atoms with Gasteiger partial charge in [-0.1, -0.05) is 18.2 Å². The molecule has 2 aromatic rings. The van der Waals surface area contributed by atoms with E-state index in [1.807, 2.05) is 6.07 Å². The van der Waals surface area contributed by atoms with E-state index in [1.54, 1.807) is 18.2 Å². The minimum Gasteiger partial charge on any atom is -0.493 e. The molecule has 126 valence electrons. The van der Waals surface area contributed by atoms with Crippen molar-refractivity contribution in [3.8, 4) is 11.5 Å². The quantitative estimate of drug-likeness (QED) is 0.919. The lowest BCUT2D eigenvalue weighted by Crippen LogP contribution is -2.25. The van der Waals surface area contributed by atoms with Gasteiger partial charge < -0.3 is 9.47 Å². The Labute approximate surface area is 139 Å². The van der Waals surface area contributed by atoms with Gasteiger partial charge in [0, 0.05) is 36.1 Å². The predicted octanol–water partition coefficient (Wildman–Crippen LogP) is 2.17. The molecule has 0 unspecified atom stereocenters. The maximum atomic E-state index is 13.7. The van der Waals surface area contributed by atoms with Crippen molar-refractivity contribution in [1.82, 2.24) is 4.72 Å². The van der Waals surface area contributed by atoms with Gasteiger partial charge in [-0.15, -0.1) is 0 Å². The van der Waals surface area contributed by atoms with E-state index in [0.29, 0.717) is 48.7 Å². The van der Waals surface area contributed by atoms with Crippen LogP contribution in [-0.4, -0.2) is 21.6 Å². The minimum absolute atomic E-state index is 0.117. The summed E-state index contributed by atoms with van der Waals surface area (Å²) in [4.78, 5) is 0.140. The molecular weight excluding hydrogens is 333 g/mol. The molecule has 0 aliphatic carbocycles. The number of hydrogen-bond donors (Lipinski definition) is 1. The molecule has 2 aliphatic rings. The van der Waals surface area contributed by atoms with Gasteiger partial charge in [0.1, 0.15) is 22.2 Å². The van der Waals surface area contributed by atoms with Crippen LogP contribution in [0.3, 0.4) is 0 Å². The lowest BCUT2D eigenvalue weighted by atomic mass is 10.1. The monoisotopic (exact) mass is 349 g/mol. The van der Waals surface area contributed by atoms with Crippen LogP contribution >= 0.6 is 0 Å². The minimum atomic E-state index is -3.85. The van der Waals surface area contributed by atoms with Gasteiger partial charge in [-0.2, -0.15) is 0 Å². The fourth-order valence-electron chi connectivity index (χ4n) is 3.11. The molecule has 0 spiro atoms. The van der Waals surface area contributed by atoms with E-state index in [0.717, 1.165) is 5.56 Å². The molecule has 0 amide bonds. The molecule has 0 bridgehead atoms. The van der Waals surface area contributed by atoms with Gasteiger partial charge in [0.15, 0.2) is 0 Å². The van der Waals surface area contributed by atoms with Crippen molar-refractivity contribution in [3.63, 3.8) is 0 Å². The summed E-state index contributed by atoms with van der Waals surface area (Å²) in [6.07, 6.45) is 1.17. The lowest BCUT2D eigenvalue weighted by Gasteiger charge is -2.14. The average Bonchev–Trinajstić information content (AvgIpc) is 3.19. The molecule has 2 heterocycles. The Hall–Kier alpha value is -2.12. The van der Waals surface area contributed by atoms with Crippen molar-refractivity contribution in [2.45, 2.75) is 24.3 Å². The van der Waals surface area contributed by atoms with E-state index in [9.17, 15) is 12.8 Å². The normalized spacial score (nSPS) is 15.5. The Kier molecular flexibility index (Phi) is 3.69. The van der Waals surface area contributed by atoms with Crippen LogP contribution in [0.1, 0.15) is 16.7 Å². The van der Waals surface area contributed by atoms with Crippen LogP contribution in [0.25, 0.3) is 0 Å². The number of ether oxygens (including phenoxy) is 2. The number of nitrogens with one attached hydrogen (secondary N) is 1. The number of halogens is 1. The standard InChI is InChI=1S/C17H16FNO4S/c18-14-4-2-1-3-12(14)10-19-24(20,21)17-13-6-8-22-15(13)9-11-5-7-23-16(11)17/h1-4,9,19H,5-8,10H2. The molecule has 0 aromatic heterocycles. The average molecular weight is 349 g/mol. The molecule has 0 radical (unpaired) electrons. The third-order valence-electron chi connectivity index (χ3n) is 4.28. The van der Waals surface area contributed by atoms with Crippen LogP contribution in [0.4, 0.5) is 4.39 Å². The second kappa shape index (κ2) is 5.75. The van der Waals surface area contributed by atoms with Crippen molar-refractivity contribution in [3.05, 3.63) is 52.8 Å². The second-order valence-corrected chi connectivity index (χ2v) is 7.49. The first kappa shape index (κ1) is 15.4. The van der Waals surface area contributed by atoms with Crippen LogP contribution in [0.5, 0.6) is 11.5 Å². The maximum Gasteiger partial charge on any atom is 0.244 e. The first-order valence-corrected chi connectivity index (χ1v) is 9.22. The van der Waals surface area contributed by atoms with Crippen molar-refractivity contribution < 1.29 is 22.3 Å². The summed E-state index contributed by atoms with van der Waals surface area (Å²) in [5.41, 5.74) is 1.76. The zero-order chi connectivity index (χ0) is 16.7. The molecular formula is C17H16FNO4S. The molecule has 4 rings (SSSR count). The van der Waals surface area contributed by atoms with E-state index < -0.39 is 15.8 Å². The Morgan fingerprint density at radius 2 is 1.92 bits per heavy atom. The number of hydrogen-bond acceptors (Lipinski definition) is 4. The largest absolute Gasteiger partial charge is 0.493 e. The van der Waals surface area contributed by atoms with Crippen LogP contribution in [0.15, 0.2) is 35.2 Å². The molecule has 7 heteroatoms. The topological polar surface area (TPSA) is 64.6 Å². The highest BCUT2D eigenvalue weighted by molar-refractivity contribution is 7.89. The second-order valence-electron chi connectivity index (χ2n) is 5.78. The molecule has 0 saturated carbocycles. The molecule has 0 saturated heterocycles. The van der Waals surface area contributed by atoms with Crippen LogP contribution in [0.2, 0.25) is 0 Å². The number of sulfonamides is 1. The Morgan fingerprint density at radius 1 is 1.12 bits per heavy atom. The highest BCUT2D eigenvalue weighted by atomic mass is 32.2. The van der Waals surface area contributed by atoms with Gasteiger partial charge in [-0.25, -0.2) is 17.5 Å². The Balaban J connectivity index is 1.72. The van der Waals surface area contributed by atoms with Crippen LogP contribution in [0, 0.1) is 5.82 Å². The highest BCUT2D eigenvalue weighted by Gasteiger charge is 2.33. The number of benzene rings is 2. The molecule has 5 nitrogen and oxygen atoms in total. The summed E-state index contributed by atoms with van der Waals surface area (Å²) in [5.74, 6) is 0.564. The fourth-order valence-corrected chi connectivity index (χ4v) is 4.56. The molecule has 2 aliphatic heterocycles. The van der Waals surface area contributed by atoms with Crippen molar-refractivity contribution in [2.75, 3.05) is 13.2 Å². The van der Waals surface area contributed by atoms with Crippen LogP contribution < -0.4 is 14.2 Å². The van der Waals surface area contributed by atoms with E-state index in [-0.39, 0.29) is 11.4 Å². The smallest absolute Gasteiger partial charge is 0.244 e. The zero-order valence-corrected chi connectivity index (χ0v) is 13.7. The Bertz CT molecular complexity index is 879. The number of rotatable bonds is 4. The van der Waals surface area contributed by atoms with Gasteiger partial charge in [-0.05, 0) is 12.1 Å². The number of fused-ring (bicyclic) bond motifs is 2. The maximum absolute atomic E-state index is 13.7. The van der Waals surface area contributed by atoms with Crippen molar-refractivity contribution in [1.29, 1.82) is 0 Å². The first-order valence-electron chi connectivity index (χ1n) is 7.74. The molecule has 0 fully saturated rings. The Morgan fingerprint density at radius 3 is 2.75 bits per heavy atom. The summed E-state index contributed by atoms with van der Waals surface area (Å²) < 4.78 is 53.1. The highest BCUT2D eigenvalue weighted by Crippen LogP contribution is 2.43. The summed E-state index contributed by atoms with van der Waals surface area (Å²) in [6, 6.07) is 7.95. The summed E-state index contributed by atoms with van der Waals surface area (Å²) in [7, 11) is -3.85. The zero-order valence-electron chi connectivity index (χ0n) is 12.8. The van der Waals surface area contributed by atoms with E-state index in [4.69, 9.17) is 9.47 Å². The lowest BCUT2D eigenvalue weighted by molar-refractivity contribution is 0.347. The molecule has 1 N–H and O–H groups in total. The third-order valence-corrected chi connectivity index (χ3v) is 5.77. The van der Waals surface area contributed by atoms with E-state index in [2.05, 4.69) is 4.72 Å². The summed E-state index contributed by atoms with van der Waals surface area (Å²) >= 11 is 0. The molecule has 24 heavy (non-hydrogen) atoms. The van der Waals surface area contributed by atoms with Gasteiger partial charge in [0.2, 0.25) is 10.0 Å². The van der Waals surface area contributed by atoms with E-state index >= 15 is 0 Å². The molecule has 2 aromatic carbocycles. The first-order chi connectivity index (χ1) is 11.6. The van der Waals surface area contributed by atoms with Gasteiger partial charge in [-0.3, -0.25) is 0 Å². The van der Waals surface area contributed by atoms with Gasteiger partial charge in [0.25, 0.3) is 0 Å². The van der Waals surface area contributed by atoms with E-state index in [1.165, 1.54) is 6.07 Å². The third kappa shape index (κ3) is 2.53. The summed E-state index contributed by atoms with van der Waals surface area (Å²) in [6.45, 7) is 0.788. The van der Waals surface area contributed by atoms with Crippen LogP contribution in [-0.2, 0) is 29.4 Å². The van der Waals surface area contributed by atoms with Crippen molar-refractivity contribution >= 4 is 10.0 Å². The fraction of sp³-hybridized carbons (Fsp3) is 0.294. The van der Waals surface area contributed by atoms with Crippen molar-refractivity contribution in [2.24, 2.45) is 0 Å². The van der Waals surface area contributed by atoms with Gasteiger partial charge >= 0.3 is 0 Å².